The molecule has 2 rings (SSSR count). The summed E-state index contributed by atoms with van der Waals surface area (Å²) < 4.78 is 0. The predicted molar refractivity (Wildman–Crippen MR) is 78.2 cm³/mol. The van der Waals surface area contributed by atoms with Gasteiger partial charge in [0, 0.05) is 12.2 Å². The summed E-state index contributed by atoms with van der Waals surface area (Å²) in [6, 6.07) is 8.16. The molecule has 3 N–H and O–H groups in total. The molecule has 1 aromatic rings. The van der Waals surface area contributed by atoms with Crippen LogP contribution in [-0.4, -0.2) is 6.54 Å². The molecular weight excluding hydrogens is 220 g/mol. The second-order valence-electron chi connectivity index (χ2n) is 6.16. The van der Waals surface area contributed by atoms with Crippen molar-refractivity contribution in [1.29, 1.82) is 0 Å². The third-order valence-corrected chi connectivity index (χ3v) is 4.02. The second kappa shape index (κ2) is 6.24. The molecule has 0 aliphatic heterocycles. The molecule has 1 aromatic carbocycles. The Morgan fingerprint density at radius 1 is 1.06 bits per heavy atom. The predicted octanol–water partition coefficient (Wildman–Crippen LogP) is 3.43. The van der Waals surface area contributed by atoms with Crippen molar-refractivity contribution < 1.29 is 0 Å². The molecule has 1 saturated carbocycles. The molecule has 100 valence electrons. The monoisotopic (exact) mass is 246 g/mol. The Morgan fingerprint density at radius 3 is 2.28 bits per heavy atom. The Balaban J connectivity index is 1.73. The fraction of sp³-hybridized carbons (Fsp3) is 0.625. The molecule has 1 aliphatic carbocycles. The number of nitrogens with one attached hydrogen (secondary N) is 1. The van der Waals surface area contributed by atoms with Crippen LogP contribution >= 0.6 is 0 Å². The van der Waals surface area contributed by atoms with Crippen LogP contribution in [0.3, 0.4) is 0 Å². The first kappa shape index (κ1) is 13.4. The van der Waals surface area contributed by atoms with Crippen molar-refractivity contribution in [3.05, 3.63) is 29.8 Å². The van der Waals surface area contributed by atoms with Crippen LogP contribution in [0.1, 0.15) is 38.7 Å². The van der Waals surface area contributed by atoms with Crippen molar-refractivity contribution in [2.24, 2.45) is 17.8 Å². The third kappa shape index (κ3) is 4.02. The molecule has 2 unspecified atom stereocenters. The summed E-state index contributed by atoms with van der Waals surface area (Å²) in [5.74, 6) is 2.66. The molecule has 0 heterocycles. The Morgan fingerprint density at radius 2 is 1.67 bits per heavy atom. The van der Waals surface area contributed by atoms with Crippen molar-refractivity contribution in [3.8, 4) is 0 Å². The summed E-state index contributed by atoms with van der Waals surface area (Å²) in [6.07, 6.45) is 4.19. The summed E-state index contributed by atoms with van der Waals surface area (Å²) in [5, 5.41) is 3.59. The van der Waals surface area contributed by atoms with Gasteiger partial charge in [0.1, 0.15) is 0 Å². The highest BCUT2D eigenvalue weighted by atomic mass is 14.9. The molecule has 2 heteroatoms. The Labute approximate surface area is 111 Å². The fourth-order valence-corrected chi connectivity index (χ4v) is 3.34. The zero-order chi connectivity index (χ0) is 13.0. The minimum Gasteiger partial charge on any atom is -0.399 e. The van der Waals surface area contributed by atoms with Crippen molar-refractivity contribution >= 4 is 5.69 Å². The van der Waals surface area contributed by atoms with Crippen LogP contribution in [0.4, 0.5) is 5.69 Å². The maximum atomic E-state index is 5.68. The lowest BCUT2D eigenvalue weighted by atomic mass is 9.77. The van der Waals surface area contributed by atoms with Gasteiger partial charge in [-0.3, -0.25) is 0 Å². The normalized spacial score (nSPS) is 28.2. The molecule has 2 nitrogen and oxygen atoms in total. The second-order valence-corrected chi connectivity index (χ2v) is 6.16. The Kier molecular flexibility index (Phi) is 4.65. The zero-order valence-electron chi connectivity index (χ0n) is 11.7. The number of rotatable bonds is 4. The molecule has 0 spiro atoms. The maximum Gasteiger partial charge on any atom is 0.0314 e. The standard InChI is InChI=1S/C16H26N2/c1-12-7-13(2)9-15(8-12)11-18-10-14-3-5-16(17)6-4-14/h3-6,12-13,15,18H,7-11,17H2,1-2H3. The van der Waals surface area contributed by atoms with Gasteiger partial charge in [-0.25, -0.2) is 0 Å². The number of hydrogen-bond acceptors (Lipinski definition) is 2. The van der Waals surface area contributed by atoms with E-state index in [4.69, 9.17) is 5.73 Å². The van der Waals surface area contributed by atoms with Gasteiger partial charge >= 0.3 is 0 Å². The van der Waals surface area contributed by atoms with Crippen LogP contribution in [-0.2, 0) is 6.54 Å². The smallest absolute Gasteiger partial charge is 0.0314 e. The summed E-state index contributed by atoms with van der Waals surface area (Å²) >= 11 is 0. The van der Waals surface area contributed by atoms with Crippen LogP contribution in [0.25, 0.3) is 0 Å². The van der Waals surface area contributed by atoms with Gasteiger partial charge in [-0.05, 0) is 61.3 Å². The minimum atomic E-state index is 0.841. The largest absolute Gasteiger partial charge is 0.399 e. The highest BCUT2D eigenvalue weighted by molar-refractivity contribution is 5.39. The molecule has 1 aliphatic rings. The van der Waals surface area contributed by atoms with Gasteiger partial charge < -0.3 is 11.1 Å². The van der Waals surface area contributed by atoms with Crippen LogP contribution in [0.2, 0.25) is 0 Å². The SMILES string of the molecule is CC1CC(C)CC(CNCc2ccc(N)cc2)C1. The van der Waals surface area contributed by atoms with Crippen LogP contribution < -0.4 is 11.1 Å². The molecule has 0 bridgehead atoms. The first-order valence-electron chi connectivity index (χ1n) is 7.18. The minimum absolute atomic E-state index is 0.841. The lowest BCUT2D eigenvalue weighted by Crippen LogP contribution is -2.29. The molecule has 18 heavy (non-hydrogen) atoms. The average molecular weight is 246 g/mol. The summed E-state index contributed by atoms with van der Waals surface area (Å²) in [5.41, 5.74) is 7.84. The van der Waals surface area contributed by atoms with E-state index in [1.807, 2.05) is 12.1 Å². The highest BCUT2D eigenvalue weighted by Crippen LogP contribution is 2.32. The van der Waals surface area contributed by atoms with Gasteiger partial charge in [-0.2, -0.15) is 0 Å². The first-order valence-corrected chi connectivity index (χ1v) is 7.18. The summed E-state index contributed by atoms with van der Waals surface area (Å²) in [6.45, 7) is 6.89. The van der Waals surface area contributed by atoms with Crippen LogP contribution in [0.5, 0.6) is 0 Å². The van der Waals surface area contributed by atoms with Crippen molar-refractivity contribution in [2.45, 2.75) is 39.7 Å². The number of hydrogen-bond donors (Lipinski definition) is 2. The van der Waals surface area contributed by atoms with Gasteiger partial charge in [0.2, 0.25) is 0 Å². The van der Waals surface area contributed by atoms with E-state index >= 15 is 0 Å². The van der Waals surface area contributed by atoms with Crippen molar-refractivity contribution in [1.82, 2.24) is 5.32 Å². The van der Waals surface area contributed by atoms with E-state index in [-0.39, 0.29) is 0 Å². The molecule has 1 fully saturated rings. The van der Waals surface area contributed by atoms with E-state index in [0.717, 1.165) is 36.5 Å². The fourth-order valence-electron chi connectivity index (χ4n) is 3.34. The zero-order valence-corrected chi connectivity index (χ0v) is 11.7. The summed E-state index contributed by atoms with van der Waals surface area (Å²) in [7, 11) is 0. The van der Waals surface area contributed by atoms with E-state index in [1.54, 1.807) is 0 Å². The van der Waals surface area contributed by atoms with Gasteiger partial charge in [-0.1, -0.05) is 26.0 Å². The van der Waals surface area contributed by atoms with Gasteiger partial charge in [0.05, 0.1) is 0 Å². The van der Waals surface area contributed by atoms with E-state index in [2.05, 4.69) is 31.3 Å². The van der Waals surface area contributed by atoms with Gasteiger partial charge in [0.25, 0.3) is 0 Å². The van der Waals surface area contributed by atoms with Crippen molar-refractivity contribution in [3.63, 3.8) is 0 Å². The molecule has 0 amide bonds. The molecular formula is C16H26N2. The maximum absolute atomic E-state index is 5.68. The number of anilines is 1. The molecule has 0 aromatic heterocycles. The van der Waals surface area contributed by atoms with Gasteiger partial charge in [-0.15, -0.1) is 0 Å². The van der Waals surface area contributed by atoms with E-state index in [0.29, 0.717) is 0 Å². The summed E-state index contributed by atoms with van der Waals surface area (Å²) in [4.78, 5) is 0. The topological polar surface area (TPSA) is 38.0 Å². The average Bonchev–Trinajstić information content (AvgIpc) is 2.30. The Bertz CT molecular complexity index is 348. The highest BCUT2D eigenvalue weighted by Gasteiger charge is 2.23. The van der Waals surface area contributed by atoms with E-state index in [1.165, 1.54) is 24.8 Å². The molecule has 0 saturated heterocycles. The van der Waals surface area contributed by atoms with Gasteiger partial charge in [0.15, 0.2) is 0 Å². The number of nitrogen functional groups attached to an aromatic ring is 1. The van der Waals surface area contributed by atoms with Crippen molar-refractivity contribution in [2.75, 3.05) is 12.3 Å². The van der Waals surface area contributed by atoms with Crippen LogP contribution in [0.15, 0.2) is 24.3 Å². The lowest BCUT2D eigenvalue weighted by molar-refractivity contribution is 0.214. The third-order valence-electron chi connectivity index (χ3n) is 4.02. The number of benzene rings is 1. The molecule has 0 radical (unpaired) electrons. The van der Waals surface area contributed by atoms with Crippen LogP contribution in [0, 0.1) is 17.8 Å². The number of nitrogens with two attached hydrogens (primary N) is 1. The Hall–Kier alpha value is -1.02. The van der Waals surface area contributed by atoms with E-state index < -0.39 is 0 Å². The first-order chi connectivity index (χ1) is 8.63. The van der Waals surface area contributed by atoms with E-state index in [9.17, 15) is 0 Å². The lowest BCUT2D eigenvalue weighted by Gasteiger charge is -2.31. The molecule has 2 atom stereocenters. The quantitative estimate of drug-likeness (QED) is 0.799.